The number of alkyl halides is 6. The zero-order valence-corrected chi connectivity index (χ0v) is 15.4. The van der Waals surface area contributed by atoms with Crippen LogP contribution in [-0.2, 0) is 9.53 Å². The molecule has 4 bridgehead atoms. The smallest absolute Gasteiger partial charge is 0.426 e. The summed E-state index contributed by atoms with van der Waals surface area (Å²) in [5, 5.41) is 9.70. The SMILES string of the molecule is C=C(C)C(=O)OC(CC(O)(C(F)(F)F)C(F)(F)F)C1C2CC3CC(C2)CC1C3. The normalized spacial score (nSPS) is 33.6. The van der Waals surface area contributed by atoms with Gasteiger partial charge in [0.25, 0.3) is 5.60 Å². The summed E-state index contributed by atoms with van der Waals surface area (Å²) < 4.78 is 84.7. The number of carbonyl (C=O) groups excluding carboxylic acids is 1. The molecule has 4 saturated carbocycles. The third-order valence-corrected chi connectivity index (χ3v) is 6.77. The van der Waals surface area contributed by atoms with Gasteiger partial charge >= 0.3 is 18.3 Å². The molecule has 28 heavy (non-hydrogen) atoms. The monoisotopic (exact) mass is 414 g/mol. The van der Waals surface area contributed by atoms with Crippen LogP contribution in [-0.4, -0.2) is 35.1 Å². The third-order valence-electron chi connectivity index (χ3n) is 6.77. The van der Waals surface area contributed by atoms with Gasteiger partial charge in [-0.1, -0.05) is 6.58 Å². The standard InChI is InChI=1S/C19H24F6O3/c1-9(2)16(26)28-14(8-17(27,18(20,21)22)19(23,24)25)15-12-4-10-3-11(6-12)7-13(15)5-10/h10-15,27H,1,3-8H2,2H3. The molecule has 160 valence electrons. The molecular weight excluding hydrogens is 390 g/mol. The lowest BCUT2D eigenvalue weighted by atomic mass is 9.50. The Balaban J connectivity index is 1.93. The molecule has 4 fully saturated rings. The van der Waals surface area contributed by atoms with Gasteiger partial charge in [0.1, 0.15) is 6.10 Å². The lowest BCUT2D eigenvalue weighted by Crippen LogP contribution is -2.61. The number of ether oxygens (including phenoxy) is 1. The fourth-order valence-electron chi connectivity index (χ4n) is 5.75. The molecule has 0 aromatic carbocycles. The molecule has 0 radical (unpaired) electrons. The van der Waals surface area contributed by atoms with Gasteiger partial charge in [-0.05, 0) is 62.7 Å². The zero-order chi connectivity index (χ0) is 21.1. The summed E-state index contributed by atoms with van der Waals surface area (Å²) in [6, 6.07) is 0. The lowest BCUT2D eigenvalue weighted by molar-refractivity contribution is -0.376. The number of halogens is 6. The van der Waals surface area contributed by atoms with E-state index in [1.807, 2.05) is 0 Å². The minimum Gasteiger partial charge on any atom is -0.459 e. The van der Waals surface area contributed by atoms with Gasteiger partial charge < -0.3 is 9.84 Å². The van der Waals surface area contributed by atoms with Gasteiger partial charge in [-0.15, -0.1) is 0 Å². The van der Waals surface area contributed by atoms with Crippen molar-refractivity contribution in [2.75, 3.05) is 0 Å². The number of esters is 1. The predicted molar refractivity (Wildman–Crippen MR) is 86.9 cm³/mol. The van der Waals surface area contributed by atoms with Gasteiger partial charge in [-0.2, -0.15) is 26.3 Å². The highest BCUT2D eigenvalue weighted by Crippen LogP contribution is 2.59. The van der Waals surface area contributed by atoms with Gasteiger partial charge in [0, 0.05) is 17.9 Å². The van der Waals surface area contributed by atoms with E-state index in [0.717, 1.165) is 32.1 Å². The maximum Gasteiger partial charge on any atom is 0.426 e. The first kappa shape index (κ1) is 21.5. The zero-order valence-electron chi connectivity index (χ0n) is 15.4. The topological polar surface area (TPSA) is 46.5 Å². The van der Waals surface area contributed by atoms with Gasteiger partial charge in [0.05, 0.1) is 0 Å². The second-order valence-electron chi connectivity index (χ2n) is 8.79. The van der Waals surface area contributed by atoms with Crippen molar-refractivity contribution in [2.45, 2.75) is 69.5 Å². The summed E-state index contributed by atoms with van der Waals surface area (Å²) in [5.41, 5.74) is -5.05. The van der Waals surface area contributed by atoms with Gasteiger partial charge in [-0.3, -0.25) is 0 Å². The largest absolute Gasteiger partial charge is 0.459 e. The summed E-state index contributed by atoms with van der Waals surface area (Å²) in [6.45, 7) is 4.63. The molecule has 0 spiro atoms. The van der Waals surface area contributed by atoms with E-state index in [1.54, 1.807) is 0 Å². The minimum atomic E-state index is -5.94. The fraction of sp³-hybridized carbons (Fsp3) is 0.842. The first-order chi connectivity index (χ1) is 12.7. The Labute approximate surface area is 159 Å². The van der Waals surface area contributed by atoms with Crippen LogP contribution < -0.4 is 0 Å². The average Bonchev–Trinajstić information content (AvgIpc) is 2.51. The average molecular weight is 414 g/mol. The molecule has 0 saturated heterocycles. The predicted octanol–water partition coefficient (Wildman–Crippen LogP) is 4.79. The van der Waals surface area contributed by atoms with E-state index in [-0.39, 0.29) is 17.4 Å². The summed E-state index contributed by atoms with van der Waals surface area (Å²) in [5.74, 6) is -0.978. The second-order valence-corrected chi connectivity index (χ2v) is 8.79. The maximum absolute atomic E-state index is 13.3. The first-order valence-corrected chi connectivity index (χ1v) is 9.45. The van der Waals surface area contributed by atoms with Crippen LogP contribution in [0.4, 0.5) is 26.3 Å². The first-order valence-electron chi connectivity index (χ1n) is 9.45. The van der Waals surface area contributed by atoms with Gasteiger partial charge in [0.2, 0.25) is 0 Å². The van der Waals surface area contributed by atoms with E-state index >= 15 is 0 Å². The highest BCUT2D eigenvalue weighted by molar-refractivity contribution is 5.87. The Kier molecular flexibility index (Phi) is 5.30. The molecule has 0 aromatic rings. The summed E-state index contributed by atoms with van der Waals surface area (Å²) >= 11 is 0. The molecule has 4 aliphatic rings. The van der Waals surface area contributed by atoms with Crippen molar-refractivity contribution < 1.29 is 41.0 Å². The third kappa shape index (κ3) is 3.66. The van der Waals surface area contributed by atoms with Crippen molar-refractivity contribution in [3.05, 3.63) is 12.2 Å². The van der Waals surface area contributed by atoms with Crippen LogP contribution in [0.1, 0.15) is 45.4 Å². The molecular formula is C19H24F6O3. The quantitative estimate of drug-likeness (QED) is 0.400. The van der Waals surface area contributed by atoms with Crippen molar-refractivity contribution in [1.82, 2.24) is 0 Å². The van der Waals surface area contributed by atoms with E-state index in [4.69, 9.17) is 4.74 Å². The van der Waals surface area contributed by atoms with Crippen LogP contribution in [0.2, 0.25) is 0 Å². The second kappa shape index (κ2) is 6.92. The number of carbonyl (C=O) groups is 1. The van der Waals surface area contributed by atoms with Crippen molar-refractivity contribution in [1.29, 1.82) is 0 Å². The summed E-state index contributed by atoms with van der Waals surface area (Å²) in [6.07, 6.45) is -11.4. The molecule has 0 aromatic heterocycles. The highest BCUT2D eigenvalue weighted by Gasteiger charge is 2.71. The number of rotatable bonds is 5. The lowest BCUT2D eigenvalue weighted by Gasteiger charge is -2.56. The highest BCUT2D eigenvalue weighted by atomic mass is 19.4. The van der Waals surface area contributed by atoms with Gasteiger partial charge in [0.15, 0.2) is 0 Å². The minimum absolute atomic E-state index is 0.0927. The Bertz CT molecular complexity index is 597. The molecule has 1 atom stereocenters. The van der Waals surface area contributed by atoms with Gasteiger partial charge in [-0.25, -0.2) is 4.79 Å². The Hall–Kier alpha value is -1.25. The van der Waals surface area contributed by atoms with Crippen molar-refractivity contribution in [3.8, 4) is 0 Å². The Morgan fingerprint density at radius 2 is 1.43 bits per heavy atom. The van der Waals surface area contributed by atoms with E-state index in [2.05, 4.69) is 6.58 Å². The van der Waals surface area contributed by atoms with Crippen LogP contribution in [0.25, 0.3) is 0 Å². The van der Waals surface area contributed by atoms with E-state index < -0.39 is 42.4 Å². The molecule has 4 aliphatic carbocycles. The van der Waals surface area contributed by atoms with E-state index in [9.17, 15) is 36.2 Å². The molecule has 1 N–H and O–H groups in total. The Morgan fingerprint density at radius 1 is 1.00 bits per heavy atom. The molecule has 0 heterocycles. The van der Waals surface area contributed by atoms with Crippen molar-refractivity contribution in [3.63, 3.8) is 0 Å². The molecule has 4 rings (SSSR count). The molecule has 3 nitrogen and oxygen atoms in total. The number of hydrogen-bond acceptors (Lipinski definition) is 3. The fourth-order valence-corrected chi connectivity index (χ4v) is 5.75. The van der Waals surface area contributed by atoms with Crippen molar-refractivity contribution >= 4 is 5.97 Å². The summed E-state index contributed by atoms with van der Waals surface area (Å²) in [7, 11) is 0. The molecule has 9 heteroatoms. The Morgan fingerprint density at radius 3 is 1.79 bits per heavy atom. The van der Waals surface area contributed by atoms with Crippen LogP contribution in [0.5, 0.6) is 0 Å². The molecule has 1 unspecified atom stereocenters. The van der Waals surface area contributed by atoms with Crippen LogP contribution in [0, 0.1) is 29.6 Å². The van der Waals surface area contributed by atoms with Crippen LogP contribution in [0.3, 0.4) is 0 Å². The van der Waals surface area contributed by atoms with Crippen molar-refractivity contribution in [2.24, 2.45) is 29.6 Å². The summed E-state index contributed by atoms with van der Waals surface area (Å²) in [4.78, 5) is 12.0. The van der Waals surface area contributed by atoms with Crippen LogP contribution >= 0.6 is 0 Å². The number of aliphatic hydroxyl groups is 1. The number of hydrogen-bond donors (Lipinski definition) is 1. The van der Waals surface area contributed by atoms with Crippen LogP contribution in [0.15, 0.2) is 12.2 Å². The molecule has 0 amide bonds. The maximum atomic E-state index is 13.3. The molecule has 0 aliphatic heterocycles. The van der Waals surface area contributed by atoms with E-state index in [0.29, 0.717) is 11.8 Å². The van der Waals surface area contributed by atoms with E-state index in [1.165, 1.54) is 6.92 Å².